The van der Waals surface area contributed by atoms with Crippen LogP contribution in [0.1, 0.15) is 40.0 Å². The standard InChI is InChI=1S/C10H24N4/c1-4-5-7-12-10(14-11)13-8-6-9(2)3/h9H,4-8,11H2,1-3H3,(H2,12,13,14). The smallest absolute Gasteiger partial charge is 0.205 e. The number of nitrogens with two attached hydrogens (primary N) is 1. The fourth-order valence-corrected chi connectivity index (χ4v) is 0.981. The van der Waals surface area contributed by atoms with Crippen molar-refractivity contribution in [2.75, 3.05) is 13.1 Å². The predicted molar refractivity (Wildman–Crippen MR) is 62.0 cm³/mol. The summed E-state index contributed by atoms with van der Waals surface area (Å²) in [6.45, 7) is 8.31. The summed E-state index contributed by atoms with van der Waals surface area (Å²) in [5.41, 5.74) is 2.57. The molecule has 0 spiro atoms. The summed E-state index contributed by atoms with van der Waals surface area (Å²) in [6.07, 6.45) is 3.40. The Bertz CT molecular complexity index is 154. The first-order valence-electron chi connectivity index (χ1n) is 5.45. The maximum atomic E-state index is 5.33. The van der Waals surface area contributed by atoms with Crippen LogP contribution in [-0.4, -0.2) is 19.0 Å². The average molecular weight is 200 g/mol. The van der Waals surface area contributed by atoms with Gasteiger partial charge >= 0.3 is 0 Å². The monoisotopic (exact) mass is 200 g/mol. The summed E-state index contributed by atoms with van der Waals surface area (Å²) in [7, 11) is 0. The number of nitrogens with zero attached hydrogens (tertiary/aromatic N) is 1. The van der Waals surface area contributed by atoms with Gasteiger partial charge in [0.15, 0.2) is 0 Å². The number of aliphatic imine (C=N–C) groups is 1. The zero-order valence-corrected chi connectivity index (χ0v) is 9.64. The van der Waals surface area contributed by atoms with E-state index in [1.165, 1.54) is 0 Å². The van der Waals surface area contributed by atoms with Crippen LogP contribution in [0, 0.1) is 5.92 Å². The highest BCUT2D eigenvalue weighted by Crippen LogP contribution is 1.96. The lowest BCUT2D eigenvalue weighted by atomic mass is 10.1. The number of hydrogen-bond acceptors (Lipinski definition) is 2. The molecule has 0 aromatic heterocycles. The Morgan fingerprint density at radius 1 is 1.43 bits per heavy atom. The molecule has 0 aromatic rings. The second-order valence-corrected chi connectivity index (χ2v) is 3.84. The van der Waals surface area contributed by atoms with E-state index in [0.29, 0.717) is 11.9 Å². The first kappa shape index (κ1) is 13.2. The van der Waals surface area contributed by atoms with E-state index in [4.69, 9.17) is 5.84 Å². The van der Waals surface area contributed by atoms with Gasteiger partial charge in [0, 0.05) is 13.1 Å². The van der Waals surface area contributed by atoms with Gasteiger partial charge in [0.25, 0.3) is 0 Å². The number of hydrazine groups is 1. The van der Waals surface area contributed by atoms with Crippen molar-refractivity contribution in [3.8, 4) is 0 Å². The third kappa shape index (κ3) is 7.86. The maximum Gasteiger partial charge on any atom is 0.205 e. The fraction of sp³-hybridized carbons (Fsp3) is 0.900. The molecule has 0 aliphatic carbocycles. The normalized spacial score (nSPS) is 11.9. The summed E-state index contributed by atoms with van der Waals surface area (Å²) >= 11 is 0. The van der Waals surface area contributed by atoms with Crippen LogP contribution in [0.5, 0.6) is 0 Å². The van der Waals surface area contributed by atoms with E-state index in [1.54, 1.807) is 0 Å². The topological polar surface area (TPSA) is 62.4 Å². The van der Waals surface area contributed by atoms with E-state index in [1.807, 2.05) is 0 Å². The minimum absolute atomic E-state index is 0.706. The van der Waals surface area contributed by atoms with Crippen molar-refractivity contribution in [1.82, 2.24) is 10.7 Å². The summed E-state index contributed by atoms with van der Waals surface area (Å²) in [5.74, 6) is 6.74. The number of nitrogens with one attached hydrogen (secondary N) is 2. The molecule has 0 radical (unpaired) electrons. The number of guanidine groups is 1. The van der Waals surface area contributed by atoms with Gasteiger partial charge in [-0.05, 0) is 18.8 Å². The summed E-state index contributed by atoms with van der Waals surface area (Å²) in [4.78, 5) is 4.30. The molecular formula is C10H24N4. The fourth-order valence-electron chi connectivity index (χ4n) is 0.981. The number of unbranched alkanes of at least 4 members (excludes halogenated alkanes) is 1. The van der Waals surface area contributed by atoms with Crippen LogP contribution in [0.25, 0.3) is 0 Å². The van der Waals surface area contributed by atoms with Gasteiger partial charge in [-0.1, -0.05) is 27.2 Å². The molecule has 4 heteroatoms. The molecule has 0 saturated heterocycles. The van der Waals surface area contributed by atoms with E-state index >= 15 is 0 Å². The SMILES string of the molecule is CCCCN=C(NN)NCCC(C)C. The molecule has 14 heavy (non-hydrogen) atoms. The third-order valence-electron chi connectivity index (χ3n) is 1.93. The van der Waals surface area contributed by atoms with Crippen LogP contribution < -0.4 is 16.6 Å². The highest BCUT2D eigenvalue weighted by atomic mass is 15.3. The maximum absolute atomic E-state index is 5.33. The van der Waals surface area contributed by atoms with Crippen molar-refractivity contribution in [3.63, 3.8) is 0 Å². The first-order chi connectivity index (χ1) is 6.70. The van der Waals surface area contributed by atoms with Gasteiger partial charge in [-0.3, -0.25) is 10.4 Å². The molecule has 4 nitrogen and oxygen atoms in total. The van der Waals surface area contributed by atoms with Crippen LogP contribution in [0.3, 0.4) is 0 Å². The summed E-state index contributed by atoms with van der Waals surface area (Å²) in [6, 6.07) is 0. The van der Waals surface area contributed by atoms with Crippen molar-refractivity contribution in [2.45, 2.75) is 40.0 Å². The van der Waals surface area contributed by atoms with E-state index in [2.05, 4.69) is 36.5 Å². The second-order valence-electron chi connectivity index (χ2n) is 3.84. The van der Waals surface area contributed by atoms with Gasteiger partial charge in [0.1, 0.15) is 0 Å². The molecule has 0 rings (SSSR count). The molecule has 0 fully saturated rings. The molecule has 84 valence electrons. The zero-order valence-electron chi connectivity index (χ0n) is 9.64. The van der Waals surface area contributed by atoms with Crippen LogP contribution in [-0.2, 0) is 0 Å². The minimum Gasteiger partial charge on any atom is -0.355 e. The Morgan fingerprint density at radius 3 is 2.64 bits per heavy atom. The highest BCUT2D eigenvalue weighted by Gasteiger charge is 1.96. The Balaban J connectivity index is 3.61. The average Bonchev–Trinajstić information content (AvgIpc) is 2.15. The molecule has 0 aliphatic rings. The number of hydrogen-bond donors (Lipinski definition) is 3. The molecule has 0 bridgehead atoms. The van der Waals surface area contributed by atoms with E-state index in [0.717, 1.165) is 32.4 Å². The van der Waals surface area contributed by atoms with Crippen LogP contribution in [0.15, 0.2) is 4.99 Å². The van der Waals surface area contributed by atoms with Crippen LogP contribution in [0.4, 0.5) is 0 Å². The van der Waals surface area contributed by atoms with Gasteiger partial charge in [-0.15, -0.1) is 0 Å². The van der Waals surface area contributed by atoms with Crippen molar-refractivity contribution in [3.05, 3.63) is 0 Å². The molecule has 0 atom stereocenters. The Hall–Kier alpha value is -0.770. The minimum atomic E-state index is 0.706. The van der Waals surface area contributed by atoms with Gasteiger partial charge < -0.3 is 5.32 Å². The van der Waals surface area contributed by atoms with E-state index in [9.17, 15) is 0 Å². The first-order valence-corrected chi connectivity index (χ1v) is 5.45. The van der Waals surface area contributed by atoms with E-state index in [-0.39, 0.29) is 0 Å². The summed E-state index contributed by atoms with van der Waals surface area (Å²) < 4.78 is 0. The van der Waals surface area contributed by atoms with Gasteiger partial charge in [0.05, 0.1) is 0 Å². The summed E-state index contributed by atoms with van der Waals surface area (Å²) in [5, 5.41) is 3.17. The third-order valence-corrected chi connectivity index (χ3v) is 1.93. The molecule has 4 N–H and O–H groups in total. The molecular weight excluding hydrogens is 176 g/mol. The zero-order chi connectivity index (χ0) is 10.8. The lowest BCUT2D eigenvalue weighted by Gasteiger charge is -2.10. The van der Waals surface area contributed by atoms with Crippen molar-refractivity contribution >= 4 is 5.96 Å². The molecule has 0 aromatic carbocycles. The van der Waals surface area contributed by atoms with Gasteiger partial charge in [-0.25, -0.2) is 5.84 Å². The Kier molecular flexibility index (Phi) is 8.33. The Morgan fingerprint density at radius 2 is 2.14 bits per heavy atom. The highest BCUT2D eigenvalue weighted by molar-refractivity contribution is 5.79. The van der Waals surface area contributed by atoms with Gasteiger partial charge in [0.2, 0.25) is 5.96 Å². The molecule has 0 aliphatic heterocycles. The van der Waals surface area contributed by atoms with Crippen LogP contribution in [0.2, 0.25) is 0 Å². The number of rotatable bonds is 6. The van der Waals surface area contributed by atoms with E-state index < -0.39 is 0 Å². The second kappa shape index (κ2) is 8.81. The van der Waals surface area contributed by atoms with Crippen molar-refractivity contribution < 1.29 is 0 Å². The molecule has 0 unspecified atom stereocenters. The largest absolute Gasteiger partial charge is 0.355 e. The lowest BCUT2D eigenvalue weighted by Crippen LogP contribution is -2.42. The molecule has 0 heterocycles. The van der Waals surface area contributed by atoms with Crippen molar-refractivity contribution in [1.29, 1.82) is 0 Å². The van der Waals surface area contributed by atoms with Crippen molar-refractivity contribution in [2.24, 2.45) is 16.8 Å². The predicted octanol–water partition coefficient (Wildman–Crippen LogP) is 1.24. The molecule has 0 amide bonds. The van der Waals surface area contributed by atoms with Gasteiger partial charge in [-0.2, -0.15) is 0 Å². The Labute approximate surface area is 87.3 Å². The van der Waals surface area contributed by atoms with Crippen LogP contribution >= 0.6 is 0 Å². The lowest BCUT2D eigenvalue weighted by molar-refractivity contribution is 0.573. The quantitative estimate of drug-likeness (QED) is 0.199. The molecule has 0 saturated carbocycles.